The number of aryl methyl sites for hydroxylation is 1. The number of hydrogen-bond donors (Lipinski definition) is 3. The topological polar surface area (TPSA) is 134 Å². The highest BCUT2D eigenvalue weighted by atomic mass is 35.5. The van der Waals surface area contributed by atoms with E-state index in [1.165, 1.54) is 6.07 Å². The third-order valence-electron chi connectivity index (χ3n) is 6.55. The summed E-state index contributed by atoms with van der Waals surface area (Å²) in [6.07, 6.45) is 3.76. The lowest BCUT2D eigenvalue weighted by molar-refractivity contribution is -0.149. The summed E-state index contributed by atoms with van der Waals surface area (Å²) in [7, 11) is 0. The minimum atomic E-state index is -2.39. The van der Waals surface area contributed by atoms with Gasteiger partial charge in [0.1, 0.15) is 11.8 Å². The Hall–Kier alpha value is -2.69. The first-order valence-corrected chi connectivity index (χ1v) is 11.0. The van der Waals surface area contributed by atoms with Gasteiger partial charge in [0.2, 0.25) is 5.91 Å². The van der Waals surface area contributed by atoms with Crippen molar-refractivity contribution in [1.82, 2.24) is 26.2 Å². The van der Waals surface area contributed by atoms with Crippen LogP contribution in [0.15, 0.2) is 10.6 Å². The van der Waals surface area contributed by atoms with Crippen molar-refractivity contribution in [2.45, 2.75) is 50.7 Å². The lowest BCUT2D eigenvalue weighted by atomic mass is 9.43. The second-order valence-electron chi connectivity index (χ2n) is 9.03. The number of carbonyl (C=O) groups is 4. The molecule has 4 aliphatic rings. The summed E-state index contributed by atoms with van der Waals surface area (Å²) >= 11 is 5.32. The zero-order valence-corrected chi connectivity index (χ0v) is 18.3. The van der Waals surface area contributed by atoms with Crippen LogP contribution in [0, 0.1) is 24.2 Å². The van der Waals surface area contributed by atoms with Crippen molar-refractivity contribution in [3.05, 3.63) is 17.5 Å². The van der Waals surface area contributed by atoms with Crippen molar-refractivity contribution >= 4 is 35.2 Å². The molecule has 1 saturated heterocycles. The molecule has 174 valence electrons. The van der Waals surface area contributed by atoms with E-state index < -0.39 is 35.3 Å². The van der Waals surface area contributed by atoms with Gasteiger partial charge in [-0.05, 0) is 50.4 Å². The van der Waals surface area contributed by atoms with Gasteiger partial charge in [-0.2, -0.15) is 0 Å². The number of carbonyl (C=O) groups excluding carboxylic acids is 4. The lowest BCUT2D eigenvalue weighted by Crippen LogP contribution is -2.60. The number of rotatable bonds is 8. The minimum absolute atomic E-state index is 0.0189. The third-order valence-corrected chi connectivity index (χ3v) is 6.73. The standard InChI is InChI=1S/C20H25ClFN5O5/c1-10-4-13(26-32-10)17(29)24-14(8-20-5-11(6-20)7-20)18(30)25-27(19(31)15(21)22)9-12-2-3-23-16(12)28/h4,11-12,14-15H,2-3,5-9H2,1H3,(H,23,28)(H,24,29)(H,25,30)/t11?,12-,14+,15+,20?/m1/s1. The number of halogens is 2. The Labute approximate surface area is 188 Å². The van der Waals surface area contributed by atoms with Gasteiger partial charge in [0.05, 0.1) is 12.5 Å². The fourth-order valence-corrected chi connectivity index (χ4v) is 4.93. The highest BCUT2D eigenvalue weighted by molar-refractivity contribution is 6.29. The third kappa shape index (κ3) is 4.57. The van der Waals surface area contributed by atoms with Crippen molar-refractivity contribution in [1.29, 1.82) is 0 Å². The van der Waals surface area contributed by atoms with Gasteiger partial charge in [-0.15, -0.1) is 0 Å². The zero-order valence-electron chi connectivity index (χ0n) is 17.5. The van der Waals surface area contributed by atoms with Crippen LogP contribution in [0.3, 0.4) is 0 Å². The van der Waals surface area contributed by atoms with Gasteiger partial charge in [-0.1, -0.05) is 16.8 Å². The van der Waals surface area contributed by atoms with E-state index >= 15 is 0 Å². The van der Waals surface area contributed by atoms with E-state index in [0.29, 0.717) is 31.1 Å². The molecule has 2 bridgehead atoms. The van der Waals surface area contributed by atoms with Crippen molar-refractivity contribution in [2.75, 3.05) is 13.1 Å². The van der Waals surface area contributed by atoms with Crippen LogP contribution >= 0.6 is 11.6 Å². The number of nitrogens with zero attached hydrogens (tertiary/aromatic N) is 2. The monoisotopic (exact) mass is 469 g/mol. The molecule has 0 unspecified atom stereocenters. The van der Waals surface area contributed by atoms with E-state index in [1.54, 1.807) is 6.92 Å². The molecule has 5 rings (SSSR count). The molecule has 0 radical (unpaired) electrons. The summed E-state index contributed by atoms with van der Waals surface area (Å²) < 4.78 is 18.5. The molecule has 0 aromatic carbocycles. The molecule has 4 amide bonds. The van der Waals surface area contributed by atoms with Crippen LogP contribution in [0.1, 0.15) is 48.4 Å². The van der Waals surface area contributed by atoms with Crippen LogP contribution < -0.4 is 16.1 Å². The maximum Gasteiger partial charge on any atom is 0.291 e. The normalized spacial score (nSPS) is 27.4. The smallest absolute Gasteiger partial charge is 0.291 e. The van der Waals surface area contributed by atoms with Crippen molar-refractivity contribution < 1.29 is 28.1 Å². The van der Waals surface area contributed by atoms with E-state index in [2.05, 4.69) is 21.2 Å². The number of hydrazine groups is 1. The van der Waals surface area contributed by atoms with E-state index in [0.717, 1.165) is 24.3 Å². The number of amides is 4. The molecule has 3 aliphatic carbocycles. The Morgan fingerprint density at radius 3 is 2.62 bits per heavy atom. The minimum Gasteiger partial charge on any atom is -0.361 e. The van der Waals surface area contributed by atoms with Gasteiger partial charge in [-0.3, -0.25) is 24.6 Å². The Bertz CT molecular complexity index is 920. The van der Waals surface area contributed by atoms with E-state index in [1.807, 2.05) is 0 Å². The molecular weight excluding hydrogens is 445 g/mol. The van der Waals surface area contributed by atoms with E-state index in [-0.39, 0.29) is 23.6 Å². The van der Waals surface area contributed by atoms with Gasteiger partial charge < -0.3 is 15.2 Å². The summed E-state index contributed by atoms with van der Waals surface area (Å²) in [6, 6.07) is 0.461. The van der Waals surface area contributed by atoms with Crippen molar-refractivity contribution in [3.8, 4) is 0 Å². The number of alkyl halides is 2. The first-order chi connectivity index (χ1) is 15.2. The molecule has 1 aliphatic heterocycles. The molecule has 3 saturated carbocycles. The quantitative estimate of drug-likeness (QED) is 0.381. The first kappa shape index (κ1) is 22.5. The molecule has 4 fully saturated rings. The summed E-state index contributed by atoms with van der Waals surface area (Å²) in [5.74, 6) is -2.24. The first-order valence-electron chi connectivity index (χ1n) is 10.6. The van der Waals surface area contributed by atoms with Crippen LogP contribution in [-0.2, 0) is 14.4 Å². The summed E-state index contributed by atoms with van der Waals surface area (Å²) in [4.78, 5) is 49.9. The Balaban J connectivity index is 1.47. The van der Waals surface area contributed by atoms with Gasteiger partial charge in [0.15, 0.2) is 5.69 Å². The summed E-state index contributed by atoms with van der Waals surface area (Å²) in [5, 5.41) is 9.68. The molecule has 2 heterocycles. The fourth-order valence-electron chi connectivity index (χ4n) is 4.81. The molecule has 3 atom stereocenters. The number of aromatic nitrogens is 1. The average molecular weight is 470 g/mol. The second kappa shape index (κ2) is 8.68. The predicted molar refractivity (Wildman–Crippen MR) is 109 cm³/mol. The molecule has 0 spiro atoms. The zero-order chi connectivity index (χ0) is 23.0. The molecule has 32 heavy (non-hydrogen) atoms. The highest BCUT2D eigenvalue weighted by Gasteiger charge is 2.57. The predicted octanol–water partition coefficient (Wildman–Crippen LogP) is 0.802. The van der Waals surface area contributed by atoms with Crippen molar-refractivity contribution in [2.24, 2.45) is 17.3 Å². The van der Waals surface area contributed by atoms with Gasteiger partial charge in [0, 0.05) is 12.6 Å². The van der Waals surface area contributed by atoms with Crippen LogP contribution in [0.2, 0.25) is 0 Å². The highest BCUT2D eigenvalue weighted by Crippen LogP contribution is 2.66. The van der Waals surface area contributed by atoms with Crippen LogP contribution in [0.4, 0.5) is 4.39 Å². The van der Waals surface area contributed by atoms with E-state index in [9.17, 15) is 23.6 Å². The molecule has 3 N–H and O–H groups in total. The van der Waals surface area contributed by atoms with Gasteiger partial charge >= 0.3 is 0 Å². The molecule has 10 nitrogen and oxygen atoms in total. The fraction of sp³-hybridized carbons (Fsp3) is 0.650. The Morgan fingerprint density at radius 1 is 1.41 bits per heavy atom. The van der Waals surface area contributed by atoms with Gasteiger partial charge in [-0.25, -0.2) is 9.40 Å². The number of nitrogens with one attached hydrogen (secondary N) is 3. The Kier molecular flexibility index (Phi) is 6.11. The Morgan fingerprint density at radius 2 is 2.12 bits per heavy atom. The molecule has 1 aromatic rings. The second-order valence-corrected chi connectivity index (χ2v) is 9.42. The molecule has 12 heteroatoms. The largest absolute Gasteiger partial charge is 0.361 e. The molecule has 1 aromatic heterocycles. The SMILES string of the molecule is Cc1cc(C(=O)N[C@@H](CC23CC(C2)C3)C(=O)NN(C[C@H]2CCNC2=O)C(=O)[C@H](F)Cl)no1. The van der Waals surface area contributed by atoms with Crippen molar-refractivity contribution in [3.63, 3.8) is 0 Å². The maximum atomic E-state index is 13.6. The maximum absolute atomic E-state index is 13.6. The number of hydrogen-bond acceptors (Lipinski definition) is 6. The average Bonchev–Trinajstić information content (AvgIpc) is 3.29. The summed E-state index contributed by atoms with van der Waals surface area (Å²) in [6.45, 7) is 1.84. The van der Waals surface area contributed by atoms with Crippen LogP contribution in [-0.4, -0.2) is 58.6 Å². The lowest BCUT2D eigenvalue weighted by Gasteiger charge is -2.63. The van der Waals surface area contributed by atoms with E-state index in [4.69, 9.17) is 16.1 Å². The van der Waals surface area contributed by atoms with Crippen LogP contribution in [0.25, 0.3) is 0 Å². The molecular formula is C20H25ClFN5O5. The van der Waals surface area contributed by atoms with Gasteiger partial charge in [0.25, 0.3) is 23.4 Å². The summed E-state index contributed by atoms with van der Waals surface area (Å²) in [5.41, 5.74) is -0.000922. The van der Waals surface area contributed by atoms with Crippen LogP contribution in [0.5, 0.6) is 0 Å².